The van der Waals surface area contributed by atoms with Crippen LogP contribution >= 0.6 is 0 Å². The standard InChI is InChI=1S/C10H14N6O4/c11-15-8-5-9(13-2-12-8)16(3-14-5)10-7(19)6(18)4(1-17)20-10/h2-4,6-7,10,17-19H,1,11H2,(H,12,13,15)/t4-,6-,7+,10+/m1/s1. The summed E-state index contributed by atoms with van der Waals surface area (Å²) in [6.07, 6.45) is -1.45. The van der Waals surface area contributed by atoms with Crippen molar-refractivity contribution in [3.05, 3.63) is 12.7 Å². The van der Waals surface area contributed by atoms with E-state index in [1.165, 1.54) is 17.2 Å². The summed E-state index contributed by atoms with van der Waals surface area (Å²) in [5, 5.41) is 28.9. The van der Waals surface area contributed by atoms with Crippen molar-refractivity contribution in [3.63, 3.8) is 0 Å². The highest BCUT2D eigenvalue weighted by molar-refractivity contribution is 5.82. The van der Waals surface area contributed by atoms with Crippen molar-refractivity contribution in [2.75, 3.05) is 12.0 Å². The lowest BCUT2D eigenvalue weighted by Crippen LogP contribution is -2.33. The minimum atomic E-state index is -1.20. The first-order valence-corrected chi connectivity index (χ1v) is 5.94. The van der Waals surface area contributed by atoms with Crippen LogP contribution in [-0.2, 0) is 4.74 Å². The monoisotopic (exact) mass is 282 g/mol. The van der Waals surface area contributed by atoms with Gasteiger partial charge in [-0.1, -0.05) is 0 Å². The molecule has 0 aromatic carbocycles. The number of hydrazine groups is 1. The van der Waals surface area contributed by atoms with Crippen molar-refractivity contribution in [1.82, 2.24) is 19.5 Å². The summed E-state index contributed by atoms with van der Waals surface area (Å²) in [7, 11) is 0. The van der Waals surface area contributed by atoms with Crippen LogP contribution < -0.4 is 11.3 Å². The maximum Gasteiger partial charge on any atom is 0.171 e. The molecule has 2 aromatic heterocycles. The molecule has 0 unspecified atom stereocenters. The van der Waals surface area contributed by atoms with Crippen molar-refractivity contribution < 1.29 is 20.1 Å². The summed E-state index contributed by atoms with van der Waals surface area (Å²) in [5.41, 5.74) is 3.20. The number of hydrogen-bond acceptors (Lipinski definition) is 9. The molecule has 0 saturated carbocycles. The van der Waals surface area contributed by atoms with Crippen molar-refractivity contribution in [3.8, 4) is 0 Å². The molecule has 0 spiro atoms. The lowest BCUT2D eigenvalue weighted by atomic mass is 10.1. The molecule has 1 aliphatic rings. The molecule has 1 fully saturated rings. The van der Waals surface area contributed by atoms with Gasteiger partial charge in [0.15, 0.2) is 23.2 Å². The highest BCUT2D eigenvalue weighted by Gasteiger charge is 2.43. The van der Waals surface area contributed by atoms with Crippen LogP contribution in [0.1, 0.15) is 6.23 Å². The number of fused-ring (bicyclic) bond motifs is 1. The SMILES string of the molecule is NNc1ncnc2c1ncn2[C@H]1O[C@H](CO)[C@@H](O)[C@@H]1O. The second kappa shape index (κ2) is 4.92. The van der Waals surface area contributed by atoms with E-state index in [0.29, 0.717) is 17.0 Å². The fourth-order valence-electron chi connectivity index (χ4n) is 2.25. The Morgan fingerprint density at radius 2 is 2.10 bits per heavy atom. The van der Waals surface area contributed by atoms with Gasteiger partial charge in [0.1, 0.15) is 24.6 Å². The van der Waals surface area contributed by atoms with Crippen molar-refractivity contribution in [1.29, 1.82) is 0 Å². The van der Waals surface area contributed by atoms with Crippen LogP contribution in [0.3, 0.4) is 0 Å². The van der Waals surface area contributed by atoms with Gasteiger partial charge in [0.2, 0.25) is 0 Å². The molecule has 10 nitrogen and oxygen atoms in total. The van der Waals surface area contributed by atoms with Gasteiger partial charge in [0.25, 0.3) is 0 Å². The average Bonchev–Trinajstić information content (AvgIpc) is 3.01. The summed E-state index contributed by atoms with van der Waals surface area (Å²) in [5.74, 6) is 5.66. The van der Waals surface area contributed by atoms with Gasteiger partial charge in [0.05, 0.1) is 12.9 Å². The first kappa shape index (κ1) is 13.1. The van der Waals surface area contributed by atoms with E-state index in [0.717, 1.165) is 0 Å². The molecule has 6 N–H and O–H groups in total. The minimum absolute atomic E-state index is 0.334. The van der Waals surface area contributed by atoms with Gasteiger partial charge >= 0.3 is 0 Å². The largest absolute Gasteiger partial charge is 0.394 e. The zero-order valence-electron chi connectivity index (χ0n) is 10.3. The van der Waals surface area contributed by atoms with Gasteiger partial charge in [-0.15, -0.1) is 0 Å². The van der Waals surface area contributed by atoms with Crippen LogP contribution in [0.25, 0.3) is 11.2 Å². The van der Waals surface area contributed by atoms with E-state index in [2.05, 4.69) is 20.4 Å². The topological polar surface area (TPSA) is 152 Å². The van der Waals surface area contributed by atoms with E-state index >= 15 is 0 Å². The third kappa shape index (κ3) is 1.82. The highest BCUT2D eigenvalue weighted by Crippen LogP contribution is 2.31. The third-order valence-electron chi connectivity index (χ3n) is 3.29. The number of aliphatic hydroxyl groups excluding tert-OH is 3. The fraction of sp³-hybridized carbons (Fsp3) is 0.500. The van der Waals surface area contributed by atoms with Crippen LogP contribution in [0.15, 0.2) is 12.7 Å². The Labute approximate surface area is 112 Å². The maximum atomic E-state index is 10.00. The zero-order chi connectivity index (χ0) is 14.3. The van der Waals surface area contributed by atoms with Crippen LogP contribution in [0.5, 0.6) is 0 Å². The quantitative estimate of drug-likeness (QED) is 0.310. The summed E-state index contributed by atoms with van der Waals surface area (Å²) >= 11 is 0. The molecular formula is C10H14N6O4. The van der Waals surface area contributed by atoms with E-state index in [4.69, 9.17) is 15.7 Å². The number of imidazole rings is 1. The summed E-state index contributed by atoms with van der Waals surface area (Å²) < 4.78 is 6.88. The lowest BCUT2D eigenvalue weighted by molar-refractivity contribution is -0.0511. The summed E-state index contributed by atoms with van der Waals surface area (Å²) in [6, 6.07) is 0. The average molecular weight is 282 g/mol. The fourth-order valence-corrected chi connectivity index (χ4v) is 2.25. The van der Waals surface area contributed by atoms with Crippen molar-refractivity contribution in [2.24, 2.45) is 5.84 Å². The summed E-state index contributed by atoms with van der Waals surface area (Å²) in [6.45, 7) is -0.397. The van der Waals surface area contributed by atoms with Gasteiger partial charge in [-0.2, -0.15) is 0 Å². The molecule has 10 heteroatoms. The van der Waals surface area contributed by atoms with E-state index in [-0.39, 0.29) is 0 Å². The van der Waals surface area contributed by atoms with Crippen molar-refractivity contribution >= 4 is 17.0 Å². The predicted octanol–water partition coefficient (Wildman–Crippen LogP) is -2.28. The number of anilines is 1. The number of aliphatic hydroxyl groups is 3. The second-order valence-electron chi connectivity index (χ2n) is 4.42. The van der Waals surface area contributed by atoms with Gasteiger partial charge in [-0.05, 0) is 0 Å². The number of nitrogens with one attached hydrogen (secondary N) is 1. The first-order valence-electron chi connectivity index (χ1n) is 5.94. The molecule has 108 valence electrons. The number of aromatic nitrogens is 4. The predicted molar refractivity (Wildman–Crippen MR) is 66.1 cm³/mol. The van der Waals surface area contributed by atoms with Crippen LogP contribution in [0.4, 0.5) is 5.82 Å². The number of ether oxygens (including phenoxy) is 1. The molecule has 1 saturated heterocycles. The number of nitrogen functional groups attached to an aromatic ring is 1. The third-order valence-corrected chi connectivity index (χ3v) is 3.29. The second-order valence-corrected chi connectivity index (χ2v) is 4.42. The minimum Gasteiger partial charge on any atom is -0.394 e. The normalized spacial score (nSPS) is 30.0. The summed E-state index contributed by atoms with van der Waals surface area (Å²) in [4.78, 5) is 12.1. The molecule has 0 amide bonds. The molecule has 0 bridgehead atoms. The highest BCUT2D eigenvalue weighted by atomic mass is 16.6. The Morgan fingerprint density at radius 3 is 2.75 bits per heavy atom. The molecule has 3 heterocycles. The van der Waals surface area contributed by atoms with Gasteiger partial charge in [-0.3, -0.25) is 4.57 Å². The van der Waals surface area contributed by atoms with E-state index in [9.17, 15) is 10.2 Å². The number of hydrogen-bond donors (Lipinski definition) is 5. The Hall–Kier alpha value is -1.85. The van der Waals surface area contributed by atoms with Gasteiger partial charge in [-0.25, -0.2) is 20.8 Å². The molecular weight excluding hydrogens is 268 g/mol. The van der Waals surface area contributed by atoms with Crippen LogP contribution in [-0.4, -0.2) is 59.8 Å². The van der Waals surface area contributed by atoms with Crippen LogP contribution in [0.2, 0.25) is 0 Å². The van der Waals surface area contributed by atoms with E-state index in [1.807, 2.05) is 0 Å². The Kier molecular flexibility index (Phi) is 3.23. The Morgan fingerprint density at radius 1 is 1.30 bits per heavy atom. The molecule has 3 rings (SSSR count). The maximum absolute atomic E-state index is 10.00. The first-order chi connectivity index (χ1) is 9.67. The zero-order valence-corrected chi connectivity index (χ0v) is 10.3. The molecule has 0 radical (unpaired) electrons. The molecule has 0 aliphatic carbocycles. The van der Waals surface area contributed by atoms with Gasteiger partial charge < -0.3 is 25.5 Å². The number of nitrogens with two attached hydrogens (primary N) is 1. The molecule has 1 aliphatic heterocycles. The Bertz CT molecular complexity index is 619. The van der Waals surface area contributed by atoms with Crippen molar-refractivity contribution in [2.45, 2.75) is 24.5 Å². The Balaban J connectivity index is 2.03. The van der Waals surface area contributed by atoms with Gasteiger partial charge in [0, 0.05) is 0 Å². The lowest BCUT2D eigenvalue weighted by Gasteiger charge is -2.16. The van der Waals surface area contributed by atoms with Crippen LogP contribution in [0, 0.1) is 0 Å². The van der Waals surface area contributed by atoms with E-state index < -0.39 is 31.1 Å². The smallest absolute Gasteiger partial charge is 0.171 e. The number of nitrogens with zero attached hydrogens (tertiary/aromatic N) is 4. The molecule has 20 heavy (non-hydrogen) atoms. The van der Waals surface area contributed by atoms with E-state index in [1.54, 1.807) is 0 Å². The molecule has 4 atom stereocenters. The molecule has 2 aromatic rings. The number of rotatable bonds is 3.